The molecule has 1 fully saturated rings. The lowest BCUT2D eigenvalue weighted by molar-refractivity contribution is 0.0699. The summed E-state index contributed by atoms with van der Waals surface area (Å²) < 4.78 is 0. The van der Waals surface area contributed by atoms with E-state index in [0.717, 1.165) is 37.0 Å². The van der Waals surface area contributed by atoms with Crippen LogP contribution in [0.3, 0.4) is 0 Å². The summed E-state index contributed by atoms with van der Waals surface area (Å²) in [6.07, 6.45) is 4.67. The molecule has 3 atom stereocenters. The highest BCUT2D eigenvalue weighted by Gasteiger charge is 2.24. The number of aliphatic hydroxyl groups excluding tert-OH is 1. The van der Waals surface area contributed by atoms with Crippen molar-refractivity contribution in [1.82, 2.24) is 4.90 Å². The molecule has 110 valence electrons. The Morgan fingerprint density at radius 1 is 1.15 bits per heavy atom. The number of piperidine rings is 1. The van der Waals surface area contributed by atoms with Crippen LogP contribution in [0.15, 0.2) is 18.2 Å². The molecule has 1 aromatic rings. The third-order valence-corrected chi connectivity index (χ3v) is 4.88. The van der Waals surface area contributed by atoms with Gasteiger partial charge in [-0.1, -0.05) is 32.0 Å². The largest absolute Gasteiger partial charge is 0.387 e. The van der Waals surface area contributed by atoms with Gasteiger partial charge in [0, 0.05) is 19.6 Å². The van der Waals surface area contributed by atoms with E-state index in [1.165, 1.54) is 36.8 Å². The van der Waals surface area contributed by atoms with E-state index >= 15 is 0 Å². The number of fused-ring (bicyclic) bond motifs is 1. The maximum atomic E-state index is 10.5. The van der Waals surface area contributed by atoms with Crippen LogP contribution in [-0.2, 0) is 12.8 Å². The molecule has 0 spiro atoms. The van der Waals surface area contributed by atoms with Gasteiger partial charge in [-0.25, -0.2) is 0 Å². The topological polar surface area (TPSA) is 23.5 Å². The third-order valence-electron chi connectivity index (χ3n) is 4.88. The molecule has 2 aliphatic rings. The average molecular weight is 273 g/mol. The summed E-state index contributed by atoms with van der Waals surface area (Å²) in [6, 6.07) is 6.60. The fourth-order valence-corrected chi connectivity index (χ4v) is 4.09. The summed E-state index contributed by atoms with van der Waals surface area (Å²) in [7, 11) is 0. The summed E-state index contributed by atoms with van der Waals surface area (Å²) in [5, 5.41) is 10.5. The Balaban J connectivity index is 1.65. The van der Waals surface area contributed by atoms with E-state index in [1.807, 2.05) is 0 Å². The van der Waals surface area contributed by atoms with Gasteiger partial charge in [-0.3, -0.25) is 4.90 Å². The zero-order valence-electron chi connectivity index (χ0n) is 12.8. The second kappa shape index (κ2) is 5.87. The minimum absolute atomic E-state index is 0.335. The van der Waals surface area contributed by atoms with Gasteiger partial charge >= 0.3 is 0 Å². The van der Waals surface area contributed by atoms with E-state index in [2.05, 4.69) is 36.9 Å². The Kier molecular flexibility index (Phi) is 4.13. The van der Waals surface area contributed by atoms with E-state index < -0.39 is 0 Å². The number of nitrogens with zero attached hydrogens (tertiary/aromatic N) is 1. The lowest BCUT2D eigenvalue weighted by Gasteiger charge is -2.36. The van der Waals surface area contributed by atoms with Crippen LogP contribution < -0.4 is 0 Å². The van der Waals surface area contributed by atoms with Crippen LogP contribution in [0.4, 0.5) is 0 Å². The predicted octanol–water partition coefficient (Wildman–Crippen LogP) is 3.19. The van der Waals surface area contributed by atoms with Crippen molar-refractivity contribution in [1.29, 1.82) is 0 Å². The Labute approximate surface area is 122 Å². The van der Waals surface area contributed by atoms with Crippen molar-refractivity contribution in [3.8, 4) is 0 Å². The summed E-state index contributed by atoms with van der Waals surface area (Å²) in [5.74, 6) is 1.51. The average Bonchev–Trinajstić information content (AvgIpc) is 2.84. The van der Waals surface area contributed by atoms with Gasteiger partial charge in [0.1, 0.15) is 0 Å². The monoisotopic (exact) mass is 273 g/mol. The Hall–Kier alpha value is -0.860. The zero-order valence-corrected chi connectivity index (χ0v) is 12.8. The van der Waals surface area contributed by atoms with Crippen molar-refractivity contribution in [2.75, 3.05) is 19.6 Å². The quantitative estimate of drug-likeness (QED) is 0.914. The molecule has 1 aliphatic carbocycles. The van der Waals surface area contributed by atoms with Crippen molar-refractivity contribution < 1.29 is 5.11 Å². The van der Waals surface area contributed by atoms with Crippen LogP contribution >= 0.6 is 0 Å². The highest BCUT2D eigenvalue weighted by atomic mass is 16.3. The zero-order chi connectivity index (χ0) is 14.1. The van der Waals surface area contributed by atoms with Gasteiger partial charge in [0.2, 0.25) is 0 Å². The molecule has 0 radical (unpaired) electrons. The Morgan fingerprint density at radius 3 is 2.60 bits per heavy atom. The van der Waals surface area contributed by atoms with Gasteiger partial charge in [0.05, 0.1) is 6.10 Å². The number of benzene rings is 1. The summed E-state index contributed by atoms with van der Waals surface area (Å²) in [6.45, 7) is 7.70. The number of aliphatic hydroxyl groups is 1. The summed E-state index contributed by atoms with van der Waals surface area (Å²) >= 11 is 0. The molecule has 1 aromatic carbocycles. The SMILES string of the molecule is CC1CC(C)CN(CC(O)c2ccc3c(c2)CCC3)C1. The molecule has 1 heterocycles. The molecule has 2 nitrogen and oxygen atoms in total. The molecule has 0 saturated carbocycles. The predicted molar refractivity (Wildman–Crippen MR) is 82.8 cm³/mol. The first kappa shape index (κ1) is 14.1. The van der Waals surface area contributed by atoms with Crippen LogP contribution in [0, 0.1) is 11.8 Å². The molecule has 1 N–H and O–H groups in total. The van der Waals surface area contributed by atoms with E-state index in [-0.39, 0.29) is 6.10 Å². The first-order chi connectivity index (χ1) is 9.61. The molecule has 3 rings (SSSR count). The van der Waals surface area contributed by atoms with Crippen LogP contribution in [0.2, 0.25) is 0 Å². The number of β-amino-alcohol motifs (C(OH)–C–C–N with tert-alkyl or cyclic N) is 1. The third kappa shape index (κ3) is 3.07. The minimum Gasteiger partial charge on any atom is -0.387 e. The Bertz CT molecular complexity index is 460. The fourth-order valence-electron chi connectivity index (χ4n) is 4.09. The van der Waals surface area contributed by atoms with Gasteiger partial charge < -0.3 is 5.11 Å². The number of likely N-dealkylation sites (tertiary alicyclic amines) is 1. The first-order valence-corrected chi connectivity index (χ1v) is 8.14. The van der Waals surface area contributed by atoms with E-state index in [0.29, 0.717) is 0 Å². The second-order valence-corrected chi connectivity index (χ2v) is 7.06. The van der Waals surface area contributed by atoms with Gasteiger partial charge in [0.15, 0.2) is 0 Å². The number of rotatable bonds is 3. The Morgan fingerprint density at radius 2 is 1.85 bits per heavy atom. The van der Waals surface area contributed by atoms with Crippen LogP contribution in [0.1, 0.15) is 49.5 Å². The fraction of sp³-hybridized carbons (Fsp3) is 0.667. The second-order valence-electron chi connectivity index (χ2n) is 7.06. The lowest BCUT2D eigenvalue weighted by Crippen LogP contribution is -2.40. The smallest absolute Gasteiger partial charge is 0.0917 e. The molecule has 3 unspecified atom stereocenters. The molecule has 0 aromatic heterocycles. The van der Waals surface area contributed by atoms with Gasteiger partial charge in [-0.15, -0.1) is 0 Å². The maximum Gasteiger partial charge on any atom is 0.0917 e. The van der Waals surface area contributed by atoms with Crippen LogP contribution in [-0.4, -0.2) is 29.6 Å². The highest BCUT2D eigenvalue weighted by molar-refractivity contribution is 5.36. The molecule has 2 heteroatoms. The van der Waals surface area contributed by atoms with Crippen molar-refractivity contribution in [3.05, 3.63) is 34.9 Å². The number of hydrogen-bond acceptors (Lipinski definition) is 2. The molecule has 20 heavy (non-hydrogen) atoms. The van der Waals surface area contributed by atoms with Crippen molar-refractivity contribution in [2.45, 2.75) is 45.6 Å². The highest BCUT2D eigenvalue weighted by Crippen LogP contribution is 2.27. The van der Waals surface area contributed by atoms with Crippen LogP contribution in [0.25, 0.3) is 0 Å². The minimum atomic E-state index is -0.335. The number of aryl methyl sites for hydroxylation is 2. The molecular formula is C18H27NO. The van der Waals surface area contributed by atoms with Crippen LogP contribution in [0.5, 0.6) is 0 Å². The normalized spacial score (nSPS) is 28.4. The van der Waals surface area contributed by atoms with Crippen molar-refractivity contribution >= 4 is 0 Å². The van der Waals surface area contributed by atoms with E-state index in [4.69, 9.17) is 0 Å². The summed E-state index contributed by atoms with van der Waals surface area (Å²) in [5.41, 5.74) is 4.06. The molecule has 1 saturated heterocycles. The molecule has 1 aliphatic heterocycles. The van der Waals surface area contributed by atoms with Crippen molar-refractivity contribution in [3.63, 3.8) is 0 Å². The maximum absolute atomic E-state index is 10.5. The molecular weight excluding hydrogens is 246 g/mol. The van der Waals surface area contributed by atoms with Gasteiger partial charge in [0.25, 0.3) is 0 Å². The van der Waals surface area contributed by atoms with E-state index in [1.54, 1.807) is 0 Å². The standard InChI is InChI=1S/C18H27NO/c1-13-8-14(2)11-19(10-13)12-18(20)17-7-6-15-4-3-5-16(15)9-17/h6-7,9,13-14,18,20H,3-5,8,10-12H2,1-2H3. The van der Waals surface area contributed by atoms with Gasteiger partial charge in [-0.05, 0) is 54.2 Å². The number of hydrogen-bond donors (Lipinski definition) is 1. The van der Waals surface area contributed by atoms with Crippen molar-refractivity contribution in [2.24, 2.45) is 11.8 Å². The lowest BCUT2D eigenvalue weighted by atomic mass is 9.91. The van der Waals surface area contributed by atoms with Gasteiger partial charge in [-0.2, -0.15) is 0 Å². The summed E-state index contributed by atoms with van der Waals surface area (Å²) in [4.78, 5) is 2.44. The molecule has 0 amide bonds. The van der Waals surface area contributed by atoms with E-state index in [9.17, 15) is 5.11 Å². The first-order valence-electron chi connectivity index (χ1n) is 8.14. The molecule has 0 bridgehead atoms.